The van der Waals surface area contributed by atoms with Crippen molar-refractivity contribution in [2.24, 2.45) is 5.73 Å². The Labute approximate surface area is 148 Å². The van der Waals surface area contributed by atoms with Gasteiger partial charge in [0.25, 0.3) is 0 Å². The Morgan fingerprint density at radius 1 is 1.17 bits per heavy atom. The van der Waals surface area contributed by atoms with E-state index in [2.05, 4.69) is 15.9 Å². The third-order valence-electron chi connectivity index (χ3n) is 2.86. The van der Waals surface area contributed by atoms with Crippen LogP contribution >= 0.6 is 15.9 Å². The standard InChI is InChI=1S/C9H9BrO3S.C7H7FN2/c1-14(12,13)8-4-2-7(3-5-8)9(11)6-10;8-6-3-1-2-5(4-6)7(9)10/h2-5H,6H2,1H3;1-4H,(H3,9,10). The number of hydrogen-bond donors (Lipinski definition) is 2. The van der Waals surface area contributed by atoms with Gasteiger partial charge in [-0.25, -0.2) is 12.8 Å². The first-order chi connectivity index (χ1) is 11.1. The number of Topliss-reactive ketones (excluding diaryl/α,β-unsaturated/α-hetero) is 1. The number of nitrogens with one attached hydrogen (secondary N) is 1. The van der Waals surface area contributed by atoms with Gasteiger partial charge in [-0.1, -0.05) is 40.2 Å². The number of ketones is 1. The summed E-state index contributed by atoms with van der Waals surface area (Å²) in [5, 5.41) is 7.18. The van der Waals surface area contributed by atoms with Crippen LogP contribution in [0, 0.1) is 11.2 Å². The number of hydrogen-bond acceptors (Lipinski definition) is 4. The van der Waals surface area contributed by atoms with Gasteiger partial charge in [0.15, 0.2) is 15.6 Å². The van der Waals surface area contributed by atoms with Crippen LogP contribution in [0.4, 0.5) is 4.39 Å². The smallest absolute Gasteiger partial charge is 0.175 e. The number of sulfone groups is 1. The van der Waals surface area contributed by atoms with Gasteiger partial charge in [-0.05, 0) is 24.3 Å². The minimum atomic E-state index is -3.18. The average Bonchev–Trinajstić information content (AvgIpc) is 2.54. The molecule has 0 radical (unpaired) electrons. The van der Waals surface area contributed by atoms with Gasteiger partial charge < -0.3 is 5.73 Å². The van der Waals surface area contributed by atoms with E-state index in [0.29, 0.717) is 11.1 Å². The monoisotopic (exact) mass is 414 g/mol. The maximum absolute atomic E-state index is 12.4. The molecule has 2 aromatic rings. The molecule has 0 aromatic heterocycles. The summed E-state index contributed by atoms with van der Waals surface area (Å²) in [5.41, 5.74) is 6.02. The van der Waals surface area contributed by atoms with E-state index in [0.717, 1.165) is 6.26 Å². The number of rotatable bonds is 4. The number of amidine groups is 1. The Morgan fingerprint density at radius 2 is 1.75 bits per heavy atom. The number of nitrogens with two attached hydrogens (primary N) is 1. The highest BCUT2D eigenvalue weighted by atomic mass is 79.9. The van der Waals surface area contributed by atoms with E-state index in [1.165, 1.54) is 42.5 Å². The van der Waals surface area contributed by atoms with E-state index in [-0.39, 0.29) is 27.7 Å². The molecule has 0 aliphatic carbocycles. The molecule has 2 rings (SSSR count). The molecule has 5 nitrogen and oxygen atoms in total. The van der Waals surface area contributed by atoms with E-state index < -0.39 is 9.84 Å². The van der Waals surface area contributed by atoms with Gasteiger partial charge in [0, 0.05) is 17.4 Å². The second kappa shape index (κ2) is 8.70. The molecule has 0 bridgehead atoms. The van der Waals surface area contributed by atoms with Gasteiger partial charge >= 0.3 is 0 Å². The summed E-state index contributed by atoms with van der Waals surface area (Å²) >= 11 is 3.04. The zero-order valence-corrected chi connectivity index (χ0v) is 15.2. The number of carbonyl (C=O) groups excluding carboxylic acids is 1. The third kappa shape index (κ3) is 6.21. The van der Waals surface area contributed by atoms with Crippen molar-refractivity contribution in [1.29, 1.82) is 5.41 Å². The number of alkyl halides is 1. The normalized spacial score (nSPS) is 10.5. The molecule has 0 fully saturated rings. The van der Waals surface area contributed by atoms with Crippen LogP contribution in [0.25, 0.3) is 0 Å². The van der Waals surface area contributed by atoms with E-state index in [1.807, 2.05) is 0 Å². The molecule has 0 saturated heterocycles. The van der Waals surface area contributed by atoms with Crippen LogP contribution in [0.3, 0.4) is 0 Å². The molecule has 0 aliphatic heterocycles. The van der Waals surface area contributed by atoms with Crippen LogP contribution in [0.2, 0.25) is 0 Å². The highest BCUT2D eigenvalue weighted by Crippen LogP contribution is 2.11. The Balaban J connectivity index is 0.000000254. The summed E-state index contributed by atoms with van der Waals surface area (Å²) in [4.78, 5) is 11.4. The predicted octanol–water partition coefficient (Wildman–Crippen LogP) is 2.78. The molecule has 0 saturated carbocycles. The molecular weight excluding hydrogens is 399 g/mol. The number of benzene rings is 2. The van der Waals surface area contributed by atoms with Crippen LogP contribution in [0.5, 0.6) is 0 Å². The summed E-state index contributed by atoms with van der Waals surface area (Å²) < 4.78 is 34.6. The van der Waals surface area contributed by atoms with Crippen molar-refractivity contribution in [1.82, 2.24) is 0 Å². The number of nitrogen functional groups attached to an aromatic ring is 1. The SMILES string of the molecule is CS(=O)(=O)c1ccc(C(=O)CBr)cc1.N=C(N)c1cccc(F)c1. The van der Waals surface area contributed by atoms with Crippen molar-refractivity contribution >= 4 is 37.4 Å². The third-order valence-corrected chi connectivity index (χ3v) is 4.50. The van der Waals surface area contributed by atoms with Crippen molar-refractivity contribution in [2.45, 2.75) is 4.90 Å². The lowest BCUT2D eigenvalue weighted by atomic mass is 10.2. The lowest BCUT2D eigenvalue weighted by Gasteiger charge is -1.99. The van der Waals surface area contributed by atoms with Crippen molar-refractivity contribution in [3.05, 3.63) is 65.5 Å². The first-order valence-electron chi connectivity index (χ1n) is 6.64. The Kier molecular flexibility index (Phi) is 7.24. The number of carbonyl (C=O) groups is 1. The van der Waals surface area contributed by atoms with Crippen LogP contribution in [-0.4, -0.2) is 31.6 Å². The molecule has 8 heteroatoms. The molecule has 0 spiro atoms. The summed E-state index contributed by atoms with van der Waals surface area (Å²) in [7, 11) is -3.18. The minimum Gasteiger partial charge on any atom is -0.384 e. The lowest BCUT2D eigenvalue weighted by molar-refractivity contribution is 0.102. The Bertz CT molecular complexity index is 837. The second-order valence-corrected chi connectivity index (χ2v) is 7.35. The Hall–Kier alpha value is -2.06. The van der Waals surface area contributed by atoms with Crippen LogP contribution in [0.1, 0.15) is 15.9 Å². The highest BCUT2D eigenvalue weighted by Gasteiger charge is 2.08. The van der Waals surface area contributed by atoms with Gasteiger partial charge in [-0.3, -0.25) is 10.2 Å². The average molecular weight is 415 g/mol. The molecule has 0 atom stereocenters. The molecule has 0 amide bonds. The van der Waals surface area contributed by atoms with Gasteiger partial charge in [-0.2, -0.15) is 0 Å². The molecule has 24 heavy (non-hydrogen) atoms. The predicted molar refractivity (Wildman–Crippen MR) is 95.1 cm³/mol. The van der Waals surface area contributed by atoms with Crippen molar-refractivity contribution in [2.75, 3.05) is 11.6 Å². The fraction of sp³-hybridized carbons (Fsp3) is 0.125. The van der Waals surface area contributed by atoms with Gasteiger partial charge in [0.2, 0.25) is 0 Å². The van der Waals surface area contributed by atoms with Crippen LogP contribution in [0.15, 0.2) is 53.4 Å². The maximum Gasteiger partial charge on any atom is 0.175 e. The molecular formula is C16H16BrFN2O3S. The largest absolute Gasteiger partial charge is 0.384 e. The molecule has 0 heterocycles. The lowest BCUT2D eigenvalue weighted by Crippen LogP contribution is -2.10. The minimum absolute atomic E-state index is 0.0648. The van der Waals surface area contributed by atoms with Gasteiger partial charge in [0.05, 0.1) is 10.2 Å². The number of halogens is 2. The fourth-order valence-corrected chi connectivity index (χ4v) is 2.58. The summed E-state index contributed by atoms with van der Waals surface area (Å²) in [6.45, 7) is 0. The van der Waals surface area contributed by atoms with E-state index in [9.17, 15) is 17.6 Å². The first-order valence-corrected chi connectivity index (χ1v) is 9.65. The van der Waals surface area contributed by atoms with Gasteiger partial charge in [0.1, 0.15) is 11.7 Å². The topological polar surface area (TPSA) is 101 Å². The highest BCUT2D eigenvalue weighted by molar-refractivity contribution is 9.09. The summed E-state index contributed by atoms with van der Waals surface area (Å²) in [6, 6.07) is 11.5. The molecule has 2 aromatic carbocycles. The Morgan fingerprint density at radius 3 is 2.12 bits per heavy atom. The van der Waals surface area contributed by atoms with Crippen LogP contribution in [-0.2, 0) is 9.84 Å². The molecule has 0 aliphatic rings. The second-order valence-electron chi connectivity index (χ2n) is 4.78. The van der Waals surface area contributed by atoms with Crippen molar-refractivity contribution < 1.29 is 17.6 Å². The zero-order valence-electron chi connectivity index (χ0n) is 12.8. The van der Waals surface area contributed by atoms with E-state index in [1.54, 1.807) is 6.07 Å². The summed E-state index contributed by atoms with van der Waals surface area (Å²) in [6.07, 6.45) is 1.13. The molecule has 0 unspecified atom stereocenters. The molecule has 128 valence electrons. The molecule has 3 N–H and O–H groups in total. The zero-order chi connectivity index (χ0) is 18.3. The summed E-state index contributed by atoms with van der Waals surface area (Å²) in [5.74, 6) is -0.544. The van der Waals surface area contributed by atoms with Gasteiger partial charge in [-0.15, -0.1) is 0 Å². The quantitative estimate of drug-likeness (QED) is 0.347. The van der Waals surface area contributed by atoms with Crippen molar-refractivity contribution in [3.8, 4) is 0 Å². The van der Waals surface area contributed by atoms with Crippen molar-refractivity contribution in [3.63, 3.8) is 0 Å². The fourth-order valence-electron chi connectivity index (χ4n) is 1.62. The van der Waals surface area contributed by atoms with Crippen LogP contribution < -0.4 is 5.73 Å². The first kappa shape index (κ1) is 20.0. The van der Waals surface area contributed by atoms with E-state index in [4.69, 9.17) is 11.1 Å². The maximum atomic E-state index is 12.4. The van der Waals surface area contributed by atoms with E-state index >= 15 is 0 Å².